The second-order valence-electron chi connectivity index (χ2n) is 5.11. The van der Waals surface area contributed by atoms with Gasteiger partial charge in [-0.05, 0) is 52.4 Å². The van der Waals surface area contributed by atoms with E-state index in [4.69, 9.17) is 11.1 Å². The van der Waals surface area contributed by atoms with Crippen molar-refractivity contribution in [3.8, 4) is 0 Å². The van der Waals surface area contributed by atoms with Gasteiger partial charge in [0.15, 0.2) is 5.82 Å². The highest BCUT2D eigenvalue weighted by Crippen LogP contribution is 2.37. The summed E-state index contributed by atoms with van der Waals surface area (Å²) in [6.07, 6.45) is 2.19. The summed E-state index contributed by atoms with van der Waals surface area (Å²) in [6, 6.07) is 7.90. The molecular formula is C15H15BrFN3S. The first-order valence-electron chi connectivity index (χ1n) is 6.69. The predicted octanol–water partition coefficient (Wildman–Crippen LogP) is 4.10. The quantitative estimate of drug-likeness (QED) is 0.617. The zero-order valence-electron chi connectivity index (χ0n) is 11.3. The van der Waals surface area contributed by atoms with Crippen molar-refractivity contribution in [3.63, 3.8) is 0 Å². The summed E-state index contributed by atoms with van der Waals surface area (Å²) >= 11 is 4.91. The lowest BCUT2D eigenvalue weighted by molar-refractivity contribution is 0.608. The zero-order valence-corrected chi connectivity index (χ0v) is 13.7. The van der Waals surface area contributed by atoms with Crippen LogP contribution in [-0.2, 0) is 6.54 Å². The van der Waals surface area contributed by atoms with Gasteiger partial charge in [0.25, 0.3) is 0 Å². The number of thiophene rings is 1. The van der Waals surface area contributed by atoms with Crippen LogP contribution in [0.2, 0.25) is 0 Å². The molecule has 1 heterocycles. The van der Waals surface area contributed by atoms with Gasteiger partial charge in [-0.3, -0.25) is 5.41 Å². The van der Waals surface area contributed by atoms with Crippen LogP contribution in [0.15, 0.2) is 34.1 Å². The van der Waals surface area contributed by atoms with Crippen molar-refractivity contribution in [3.05, 3.63) is 50.4 Å². The Kier molecular flexibility index (Phi) is 3.99. The van der Waals surface area contributed by atoms with Crippen molar-refractivity contribution in [1.82, 2.24) is 0 Å². The summed E-state index contributed by atoms with van der Waals surface area (Å²) in [4.78, 5) is 3.32. The number of benzene rings is 1. The van der Waals surface area contributed by atoms with Crippen LogP contribution in [0.25, 0.3) is 0 Å². The third kappa shape index (κ3) is 2.96. The smallest absolute Gasteiger partial charge is 0.161 e. The van der Waals surface area contributed by atoms with E-state index < -0.39 is 0 Å². The van der Waals surface area contributed by atoms with Crippen molar-refractivity contribution in [1.29, 1.82) is 5.41 Å². The SMILES string of the molecule is N=C(N)c1ccc(N(Cc2cccs2)C2CC2)c(F)c1Br. The molecule has 110 valence electrons. The molecule has 2 aromatic rings. The summed E-state index contributed by atoms with van der Waals surface area (Å²) in [5.74, 6) is -0.477. The molecule has 1 aliphatic rings. The van der Waals surface area contributed by atoms with E-state index in [-0.39, 0.29) is 16.1 Å². The molecule has 0 atom stereocenters. The number of hydrogen-bond acceptors (Lipinski definition) is 3. The molecule has 3 N–H and O–H groups in total. The third-order valence-electron chi connectivity index (χ3n) is 3.56. The Morgan fingerprint density at radius 3 is 2.76 bits per heavy atom. The molecule has 0 unspecified atom stereocenters. The molecule has 1 aromatic heterocycles. The van der Waals surface area contributed by atoms with E-state index in [0.717, 1.165) is 12.8 Å². The van der Waals surface area contributed by atoms with Gasteiger partial charge in [0, 0.05) is 16.5 Å². The molecular weight excluding hydrogens is 353 g/mol. The number of halogens is 2. The van der Waals surface area contributed by atoms with Crippen molar-refractivity contribution in [2.75, 3.05) is 4.90 Å². The van der Waals surface area contributed by atoms with Gasteiger partial charge in [-0.2, -0.15) is 0 Å². The fraction of sp³-hybridized carbons (Fsp3) is 0.267. The molecule has 0 saturated heterocycles. The molecule has 0 bridgehead atoms. The Balaban J connectivity index is 1.96. The van der Waals surface area contributed by atoms with Gasteiger partial charge >= 0.3 is 0 Å². The molecule has 1 aliphatic carbocycles. The minimum absolute atomic E-state index is 0.136. The molecule has 1 aromatic carbocycles. The average Bonchev–Trinajstić information content (AvgIpc) is 3.16. The second-order valence-corrected chi connectivity index (χ2v) is 6.94. The summed E-state index contributed by atoms with van der Waals surface area (Å²) in [6.45, 7) is 0.713. The number of nitrogen functional groups attached to an aromatic ring is 1. The Bertz CT molecular complexity index is 668. The van der Waals surface area contributed by atoms with Crippen molar-refractivity contribution in [2.45, 2.75) is 25.4 Å². The van der Waals surface area contributed by atoms with Gasteiger partial charge in [-0.15, -0.1) is 11.3 Å². The lowest BCUT2D eigenvalue weighted by atomic mass is 10.1. The highest BCUT2D eigenvalue weighted by atomic mass is 79.9. The fourth-order valence-electron chi connectivity index (χ4n) is 2.34. The van der Waals surface area contributed by atoms with Gasteiger partial charge in [0.2, 0.25) is 0 Å². The minimum Gasteiger partial charge on any atom is -0.384 e. The molecule has 3 rings (SSSR count). The average molecular weight is 368 g/mol. The molecule has 21 heavy (non-hydrogen) atoms. The molecule has 0 spiro atoms. The molecule has 6 heteroatoms. The number of amidine groups is 1. The van der Waals surface area contributed by atoms with Gasteiger partial charge in [0.05, 0.1) is 16.7 Å². The first-order chi connectivity index (χ1) is 10.1. The van der Waals surface area contributed by atoms with E-state index in [0.29, 0.717) is 23.8 Å². The zero-order chi connectivity index (χ0) is 15.0. The number of nitrogens with zero attached hydrogens (tertiary/aromatic N) is 1. The molecule has 0 radical (unpaired) electrons. The third-order valence-corrected chi connectivity index (χ3v) is 5.19. The molecule has 0 aliphatic heterocycles. The lowest BCUT2D eigenvalue weighted by Gasteiger charge is -2.25. The standard InChI is InChI=1S/C15H15BrFN3S/c16-13-11(15(18)19)5-6-12(14(13)17)20(9-3-4-9)8-10-2-1-7-21-10/h1-2,5-7,9H,3-4,8H2,(H3,18,19). The Morgan fingerprint density at radius 1 is 1.43 bits per heavy atom. The van der Waals surface area contributed by atoms with Crippen molar-refractivity contribution in [2.24, 2.45) is 5.73 Å². The highest BCUT2D eigenvalue weighted by molar-refractivity contribution is 9.10. The topological polar surface area (TPSA) is 53.1 Å². The van der Waals surface area contributed by atoms with E-state index in [1.54, 1.807) is 23.5 Å². The summed E-state index contributed by atoms with van der Waals surface area (Å²) in [7, 11) is 0. The molecule has 1 saturated carbocycles. The van der Waals surface area contributed by atoms with Crippen LogP contribution in [-0.4, -0.2) is 11.9 Å². The fourth-order valence-corrected chi connectivity index (χ4v) is 3.59. The summed E-state index contributed by atoms with van der Waals surface area (Å²) in [5.41, 5.74) is 6.43. The van der Waals surface area contributed by atoms with E-state index in [2.05, 4.69) is 26.9 Å². The number of hydrogen-bond donors (Lipinski definition) is 2. The van der Waals surface area contributed by atoms with Crippen LogP contribution in [0.1, 0.15) is 23.3 Å². The van der Waals surface area contributed by atoms with Crippen LogP contribution < -0.4 is 10.6 Å². The van der Waals surface area contributed by atoms with Gasteiger partial charge in [0.1, 0.15) is 5.84 Å². The van der Waals surface area contributed by atoms with Crippen LogP contribution in [0.5, 0.6) is 0 Å². The summed E-state index contributed by atoms with van der Waals surface area (Å²) < 4.78 is 14.9. The van der Waals surface area contributed by atoms with Crippen molar-refractivity contribution >= 4 is 38.8 Å². The van der Waals surface area contributed by atoms with Crippen LogP contribution in [0, 0.1) is 11.2 Å². The van der Waals surface area contributed by atoms with E-state index >= 15 is 0 Å². The number of rotatable bonds is 5. The van der Waals surface area contributed by atoms with E-state index in [1.807, 2.05) is 11.4 Å². The Morgan fingerprint density at radius 2 is 2.19 bits per heavy atom. The van der Waals surface area contributed by atoms with Gasteiger partial charge < -0.3 is 10.6 Å². The predicted molar refractivity (Wildman–Crippen MR) is 88.6 cm³/mol. The van der Waals surface area contributed by atoms with Crippen LogP contribution in [0.3, 0.4) is 0 Å². The maximum atomic E-state index is 14.7. The number of nitrogens with two attached hydrogens (primary N) is 1. The van der Waals surface area contributed by atoms with Crippen molar-refractivity contribution < 1.29 is 4.39 Å². The maximum Gasteiger partial charge on any atom is 0.161 e. The lowest BCUT2D eigenvalue weighted by Crippen LogP contribution is -2.26. The Labute approximate surface area is 135 Å². The van der Waals surface area contributed by atoms with Crippen LogP contribution >= 0.6 is 27.3 Å². The Hall–Kier alpha value is -1.40. The number of nitrogens with one attached hydrogen (secondary N) is 1. The summed E-state index contributed by atoms with van der Waals surface area (Å²) in [5, 5.41) is 9.51. The first-order valence-corrected chi connectivity index (χ1v) is 8.36. The largest absolute Gasteiger partial charge is 0.384 e. The van der Waals surface area contributed by atoms with Gasteiger partial charge in [-0.25, -0.2) is 4.39 Å². The normalized spacial score (nSPS) is 14.2. The number of anilines is 1. The van der Waals surface area contributed by atoms with Gasteiger partial charge in [-0.1, -0.05) is 6.07 Å². The second kappa shape index (κ2) is 5.77. The molecule has 0 amide bonds. The molecule has 1 fully saturated rings. The van der Waals surface area contributed by atoms with E-state index in [9.17, 15) is 4.39 Å². The van der Waals surface area contributed by atoms with Crippen LogP contribution in [0.4, 0.5) is 10.1 Å². The minimum atomic E-state index is -0.342. The first kappa shape index (κ1) is 14.5. The highest BCUT2D eigenvalue weighted by Gasteiger charge is 2.31. The molecule has 3 nitrogen and oxygen atoms in total. The maximum absolute atomic E-state index is 14.7. The monoisotopic (exact) mass is 367 g/mol. The van der Waals surface area contributed by atoms with E-state index in [1.165, 1.54) is 4.88 Å².